The van der Waals surface area contributed by atoms with E-state index in [1.165, 1.54) is 24.3 Å². The highest BCUT2D eigenvalue weighted by Gasteiger charge is 2.20. The second-order valence-corrected chi connectivity index (χ2v) is 9.10. The molecule has 1 amide bonds. The second-order valence-electron chi connectivity index (χ2n) is 6.57. The lowest BCUT2D eigenvalue weighted by Gasteiger charge is -2.18. The van der Waals surface area contributed by atoms with Gasteiger partial charge in [0.05, 0.1) is 9.92 Å². The monoisotopic (exact) mass is 478 g/mol. The third-order valence-corrected chi connectivity index (χ3v) is 6.26. The van der Waals surface area contributed by atoms with Crippen LogP contribution in [0.2, 0.25) is 10.0 Å². The Balaban J connectivity index is 1.67. The van der Waals surface area contributed by atoms with Gasteiger partial charge in [-0.25, -0.2) is 8.42 Å². The molecule has 3 aromatic rings. The Labute approximate surface area is 191 Å². The Morgan fingerprint density at radius 2 is 1.55 bits per heavy atom. The van der Waals surface area contributed by atoms with E-state index in [4.69, 9.17) is 27.9 Å². The molecule has 0 aliphatic heterocycles. The first kappa shape index (κ1) is 22.9. The molecule has 0 aromatic heterocycles. The van der Waals surface area contributed by atoms with E-state index in [1.54, 1.807) is 48.5 Å². The van der Waals surface area contributed by atoms with E-state index in [1.807, 2.05) is 6.92 Å². The molecule has 31 heavy (non-hydrogen) atoms. The molecule has 3 rings (SSSR count). The van der Waals surface area contributed by atoms with Crippen LogP contribution in [0.25, 0.3) is 0 Å². The maximum Gasteiger partial charge on any atom is 0.265 e. The van der Waals surface area contributed by atoms with Gasteiger partial charge in [-0.1, -0.05) is 42.3 Å². The summed E-state index contributed by atoms with van der Waals surface area (Å²) in [5.41, 5.74) is 0.834. The zero-order valence-corrected chi connectivity index (χ0v) is 18.8. The van der Waals surface area contributed by atoms with Crippen molar-refractivity contribution >= 4 is 50.5 Å². The van der Waals surface area contributed by atoms with Gasteiger partial charge in [-0.3, -0.25) is 9.52 Å². The number of carbonyl (C=O) groups excluding carboxylic acids is 1. The van der Waals surface area contributed by atoms with Crippen LogP contribution in [0.1, 0.15) is 13.3 Å². The fourth-order valence-electron chi connectivity index (χ4n) is 2.69. The summed E-state index contributed by atoms with van der Waals surface area (Å²) in [6.07, 6.45) is -0.330. The predicted molar refractivity (Wildman–Crippen MR) is 123 cm³/mol. The summed E-state index contributed by atoms with van der Waals surface area (Å²) in [5.74, 6) is 0.0539. The smallest absolute Gasteiger partial charge is 0.265 e. The minimum absolute atomic E-state index is 0.0554. The number of halogens is 2. The number of para-hydroxylation sites is 1. The average molecular weight is 479 g/mol. The summed E-state index contributed by atoms with van der Waals surface area (Å²) >= 11 is 11.9. The van der Waals surface area contributed by atoms with Gasteiger partial charge >= 0.3 is 0 Å². The lowest BCUT2D eigenvalue weighted by Crippen LogP contribution is -2.32. The maximum atomic E-state index is 12.6. The van der Waals surface area contributed by atoms with E-state index < -0.39 is 16.1 Å². The van der Waals surface area contributed by atoms with E-state index in [0.717, 1.165) is 0 Å². The van der Waals surface area contributed by atoms with Crippen LogP contribution in [0.5, 0.6) is 5.75 Å². The number of nitrogens with one attached hydrogen (secondary N) is 2. The summed E-state index contributed by atoms with van der Waals surface area (Å²) < 4.78 is 33.3. The number of carbonyl (C=O) groups is 1. The lowest BCUT2D eigenvalue weighted by atomic mass is 10.2. The van der Waals surface area contributed by atoms with E-state index in [-0.39, 0.29) is 10.8 Å². The molecule has 0 spiro atoms. The number of ether oxygens (including phenoxy) is 1. The van der Waals surface area contributed by atoms with Crippen molar-refractivity contribution in [3.8, 4) is 5.75 Å². The topological polar surface area (TPSA) is 84.5 Å². The summed E-state index contributed by atoms with van der Waals surface area (Å²) in [6, 6.07) is 19.1. The number of hydrogen-bond acceptors (Lipinski definition) is 4. The highest BCUT2D eigenvalue weighted by molar-refractivity contribution is 7.92. The molecule has 0 saturated heterocycles. The number of hydrogen-bond donors (Lipinski definition) is 2. The molecular weight excluding hydrogens is 459 g/mol. The SMILES string of the molecule is CCC(Oc1ccccc1Cl)C(=O)Nc1ccc(S(=O)(=O)Nc2ccc(Cl)cc2)cc1. The standard InChI is InChI=1S/C22H20Cl2N2O4S/c1-2-20(30-21-6-4-3-5-19(21)24)22(27)25-16-11-13-18(14-12-16)31(28,29)26-17-9-7-15(23)8-10-17/h3-14,20,26H,2H2,1H3,(H,25,27). The van der Waals surface area contributed by atoms with Crippen molar-refractivity contribution in [2.24, 2.45) is 0 Å². The molecule has 0 fully saturated rings. The molecule has 3 aromatic carbocycles. The molecule has 9 heteroatoms. The molecule has 1 unspecified atom stereocenters. The van der Waals surface area contributed by atoms with Crippen molar-refractivity contribution in [2.45, 2.75) is 24.3 Å². The third kappa shape index (κ3) is 6.13. The third-order valence-electron chi connectivity index (χ3n) is 4.30. The Hall–Kier alpha value is -2.74. The van der Waals surface area contributed by atoms with Crippen LogP contribution in [0.4, 0.5) is 11.4 Å². The molecule has 6 nitrogen and oxygen atoms in total. The summed E-state index contributed by atoms with van der Waals surface area (Å²) in [6.45, 7) is 1.82. The van der Waals surface area contributed by atoms with Gasteiger partial charge in [0.2, 0.25) is 0 Å². The normalized spacial score (nSPS) is 12.1. The van der Waals surface area contributed by atoms with Crippen LogP contribution in [-0.4, -0.2) is 20.4 Å². The lowest BCUT2D eigenvalue weighted by molar-refractivity contribution is -0.122. The first-order chi connectivity index (χ1) is 14.8. The summed E-state index contributed by atoms with van der Waals surface area (Å²) in [7, 11) is -3.78. The zero-order chi connectivity index (χ0) is 22.4. The minimum atomic E-state index is -3.78. The van der Waals surface area contributed by atoms with Gasteiger partial charge in [-0.05, 0) is 67.1 Å². The summed E-state index contributed by atoms with van der Waals surface area (Å²) in [4.78, 5) is 12.6. The van der Waals surface area contributed by atoms with Crippen molar-refractivity contribution in [1.82, 2.24) is 0 Å². The van der Waals surface area contributed by atoms with Crippen molar-refractivity contribution in [1.29, 1.82) is 0 Å². The van der Waals surface area contributed by atoms with Crippen LogP contribution in [0, 0.1) is 0 Å². The predicted octanol–water partition coefficient (Wildman–Crippen LogP) is 5.59. The van der Waals surface area contributed by atoms with Gasteiger partial charge in [-0.15, -0.1) is 0 Å². The number of anilines is 2. The largest absolute Gasteiger partial charge is 0.479 e. The Morgan fingerprint density at radius 3 is 2.16 bits per heavy atom. The van der Waals surface area contributed by atoms with Gasteiger partial charge in [0, 0.05) is 16.4 Å². The number of benzene rings is 3. The Kier molecular flexibility index (Phi) is 7.43. The first-order valence-electron chi connectivity index (χ1n) is 9.39. The van der Waals surface area contributed by atoms with Gasteiger partial charge < -0.3 is 10.1 Å². The molecule has 1 atom stereocenters. The van der Waals surface area contributed by atoms with Gasteiger partial charge in [0.25, 0.3) is 15.9 Å². The second kappa shape index (κ2) is 10.0. The van der Waals surface area contributed by atoms with Gasteiger partial charge in [-0.2, -0.15) is 0 Å². The van der Waals surface area contributed by atoms with Crippen LogP contribution >= 0.6 is 23.2 Å². The molecular formula is C22H20Cl2N2O4S. The average Bonchev–Trinajstić information content (AvgIpc) is 2.75. The van der Waals surface area contributed by atoms with Crippen molar-refractivity contribution < 1.29 is 17.9 Å². The Bertz CT molecular complexity index is 1150. The Morgan fingerprint density at radius 1 is 0.935 bits per heavy atom. The van der Waals surface area contributed by atoms with Crippen LogP contribution < -0.4 is 14.8 Å². The molecule has 0 heterocycles. The molecule has 162 valence electrons. The zero-order valence-electron chi connectivity index (χ0n) is 16.5. The minimum Gasteiger partial charge on any atom is -0.479 e. The van der Waals surface area contributed by atoms with E-state index in [2.05, 4.69) is 10.0 Å². The molecule has 0 saturated carbocycles. The quantitative estimate of drug-likeness (QED) is 0.441. The maximum absolute atomic E-state index is 12.6. The van der Waals surface area contributed by atoms with E-state index in [0.29, 0.717) is 33.6 Å². The van der Waals surface area contributed by atoms with Crippen LogP contribution in [-0.2, 0) is 14.8 Å². The first-order valence-corrected chi connectivity index (χ1v) is 11.6. The van der Waals surface area contributed by atoms with E-state index in [9.17, 15) is 13.2 Å². The highest BCUT2D eigenvalue weighted by atomic mass is 35.5. The fourth-order valence-corrected chi connectivity index (χ4v) is 4.05. The number of amides is 1. The molecule has 0 bridgehead atoms. The highest BCUT2D eigenvalue weighted by Crippen LogP contribution is 2.25. The van der Waals surface area contributed by atoms with Gasteiger partial charge in [0.1, 0.15) is 5.75 Å². The molecule has 0 radical (unpaired) electrons. The molecule has 2 N–H and O–H groups in total. The molecule has 0 aliphatic rings. The van der Waals surface area contributed by atoms with Crippen molar-refractivity contribution in [2.75, 3.05) is 10.0 Å². The molecule has 0 aliphatic carbocycles. The van der Waals surface area contributed by atoms with Gasteiger partial charge in [0.15, 0.2) is 6.10 Å². The van der Waals surface area contributed by atoms with Crippen molar-refractivity contribution in [3.05, 3.63) is 82.8 Å². The summed E-state index contributed by atoms with van der Waals surface area (Å²) in [5, 5.41) is 3.65. The number of rotatable bonds is 8. The van der Waals surface area contributed by atoms with E-state index >= 15 is 0 Å². The van der Waals surface area contributed by atoms with Crippen LogP contribution in [0.3, 0.4) is 0 Å². The number of sulfonamides is 1. The van der Waals surface area contributed by atoms with Crippen molar-refractivity contribution in [3.63, 3.8) is 0 Å². The fraction of sp³-hybridized carbons (Fsp3) is 0.136. The van der Waals surface area contributed by atoms with Crippen LogP contribution in [0.15, 0.2) is 77.7 Å².